The third-order valence-corrected chi connectivity index (χ3v) is 4.96. The molecule has 2 aromatic rings. The summed E-state index contributed by atoms with van der Waals surface area (Å²) in [5.41, 5.74) is 1.42. The SMILES string of the molecule is O=C(CC1CCC(c2ccccc2)CC1)NCC(O)c1ccco1. The minimum atomic E-state index is -0.780. The van der Waals surface area contributed by atoms with Crippen molar-refractivity contribution >= 4 is 5.91 Å². The summed E-state index contributed by atoms with van der Waals surface area (Å²) in [5.74, 6) is 1.58. The number of hydrogen-bond donors (Lipinski definition) is 2. The Hall–Kier alpha value is -2.07. The molecule has 1 atom stereocenters. The van der Waals surface area contributed by atoms with Crippen molar-refractivity contribution in [3.8, 4) is 0 Å². The number of benzene rings is 1. The van der Waals surface area contributed by atoms with Gasteiger partial charge < -0.3 is 14.8 Å². The van der Waals surface area contributed by atoms with Crippen molar-refractivity contribution in [1.82, 2.24) is 5.32 Å². The van der Waals surface area contributed by atoms with Gasteiger partial charge in [0.1, 0.15) is 11.9 Å². The smallest absolute Gasteiger partial charge is 0.220 e. The fourth-order valence-corrected chi connectivity index (χ4v) is 3.55. The zero-order valence-corrected chi connectivity index (χ0v) is 13.9. The molecule has 1 aliphatic carbocycles. The second kappa shape index (κ2) is 8.15. The first-order valence-corrected chi connectivity index (χ1v) is 8.75. The highest BCUT2D eigenvalue weighted by Crippen LogP contribution is 2.36. The summed E-state index contributed by atoms with van der Waals surface area (Å²) in [7, 11) is 0. The van der Waals surface area contributed by atoms with Crippen molar-refractivity contribution in [2.75, 3.05) is 6.54 Å². The largest absolute Gasteiger partial charge is 0.467 e. The average Bonchev–Trinajstić information content (AvgIpc) is 3.16. The van der Waals surface area contributed by atoms with E-state index in [1.807, 2.05) is 0 Å². The molecule has 1 aliphatic rings. The second-order valence-electron chi connectivity index (χ2n) is 6.67. The van der Waals surface area contributed by atoms with Gasteiger partial charge in [0.25, 0.3) is 0 Å². The van der Waals surface area contributed by atoms with E-state index in [9.17, 15) is 9.90 Å². The van der Waals surface area contributed by atoms with Crippen LogP contribution in [0, 0.1) is 5.92 Å². The number of carbonyl (C=O) groups is 1. The lowest BCUT2D eigenvalue weighted by molar-refractivity contribution is -0.122. The predicted molar refractivity (Wildman–Crippen MR) is 92.4 cm³/mol. The van der Waals surface area contributed by atoms with Crippen LogP contribution < -0.4 is 5.32 Å². The molecule has 4 nitrogen and oxygen atoms in total. The molecule has 1 unspecified atom stereocenters. The molecule has 1 aromatic heterocycles. The fraction of sp³-hybridized carbons (Fsp3) is 0.450. The predicted octanol–water partition coefficient (Wildman–Crippen LogP) is 3.79. The fourth-order valence-electron chi connectivity index (χ4n) is 3.55. The number of aliphatic hydroxyl groups excluding tert-OH is 1. The number of rotatable bonds is 6. The first-order valence-electron chi connectivity index (χ1n) is 8.75. The van der Waals surface area contributed by atoms with E-state index in [1.165, 1.54) is 11.8 Å². The molecule has 4 heteroatoms. The molecule has 0 spiro atoms. The highest BCUT2D eigenvalue weighted by atomic mass is 16.4. The molecule has 3 rings (SSSR count). The maximum Gasteiger partial charge on any atom is 0.220 e. The molecule has 24 heavy (non-hydrogen) atoms. The molecule has 1 fully saturated rings. The van der Waals surface area contributed by atoms with Crippen LogP contribution in [0.1, 0.15) is 55.4 Å². The Morgan fingerprint density at radius 2 is 1.88 bits per heavy atom. The molecule has 0 aliphatic heterocycles. The summed E-state index contributed by atoms with van der Waals surface area (Å²) in [6.45, 7) is 0.200. The van der Waals surface area contributed by atoms with Crippen LogP contribution >= 0.6 is 0 Å². The molecule has 1 aromatic carbocycles. The van der Waals surface area contributed by atoms with Crippen LogP contribution in [0.3, 0.4) is 0 Å². The third kappa shape index (κ3) is 4.48. The Labute approximate surface area is 142 Å². The summed E-state index contributed by atoms with van der Waals surface area (Å²) < 4.78 is 5.13. The van der Waals surface area contributed by atoms with Crippen LogP contribution in [0.2, 0.25) is 0 Å². The Bertz CT molecular complexity index is 616. The van der Waals surface area contributed by atoms with Gasteiger partial charge in [-0.05, 0) is 55.2 Å². The van der Waals surface area contributed by atoms with Gasteiger partial charge in [-0.15, -0.1) is 0 Å². The maximum absolute atomic E-state index is 12.1. The molecule has 0 radical (unpaired) electrons. The summed E-state index contributed by atoms with van der Waals surface area (Å²) in [6, 6.07) is 14.1. The van der Waals surface area contributed by atoms with Gasteiger partial charge in [0.15, 0.2) is 0 Å². The maximum atomic E-state index is 12.1. The summed E-state index contributed by atoms with van der Waals surface area (Å²) in [6.07, 6.45) is 5.77. The number of nitrogens with one attached hydrogen (secondary N) is 1. The zero-order valence-electron chi connectivity index (χ0n) is 13.9. The number of furan rings is 1. The summed E-state index contributed by atoms with van der Waals surface area (Å²) in [4.78, 5) is 12.1. The van der Waals surface area contributed by atoms with Gasteiger partial charge in [-0.2, -0.15) is 0 Å². The van der Waals surface area contributed by atoms with Crippen LogP contribution in [-0.2, 0) is 4.79 Å². The van der Waals surface area contributed by atoms with Gasteiger partial charge in [0.05, 0.1) is 12.8 Å². The molecule has 1 saturated carbocycles. The average molecular weight is 327 g/mol. The minimum Gasteiger partial charge on any atom is -0.467 e. The molecular formula is C20H25NO3. The molecule has 2 N–H and O–H groups in total. The van der Waals surface area contributed by atoms with Crippen LogP contribution in [0.15, 0.2) is 53.1 Å². The van der Waals surface area contributed by atoms with Gasteiger partial charge in [-0.1, -0.05) is 30.3 Å². The quantitative estimate of drug-likeness (QED) is 0.848. The van der Waals surface area contributed by atoms with Crippen LogP contribution in [0.5, 0.6) is 0 Å². The minimum absolute atomic E-state index is 0.0174. The van der Waals surface area contributed by atoms with E-state index in [1.54, 1.807) is 12.1 Å². The van der Waals surface area contributed by atoms with Crippen LogP contribution in [-0.4, -0.2) is 17.6 Å². The standard InChI is InChI=1S/C20H25NO3/c22-18(19-7-4-12-24-19)14-21-20(23)13-15-8-10-17(11-9-15)16-5-2-1-3-6-16/h1-7,12,15,17-18,22H,8-11,13-14H2,(H,21,23). The van der Waals surface area contributed by atoms with Crippen LogP contribution in [0.4, 0.5) is 0 Å². The monoisotopic (exact) mass is 327 g/mol. The molecular weight excluding hydrogens is 302 g/mol. The van der Waals surface area contributed by atoms with Crippen molar-refractivity contribution in [3.63, 3.8) is 0 Å². The van der Waals surface area contributed by atoms with E-state index in [0.29, 0.717) is 24.0 Å². The van der Waals surface area contributed by atoms with Crippen molar-refractivity contribution in [3.05, 3.63) is 60.1 Å². The molecule has 1 heterocycles. The van der Waals surface area contributed by atoms with Crippen molar-refractivity contribution in [1.29, 1.82) is 0 Å². The highest BCUT2D eigenvalue weighted by molar-refractivity contribution is 5.76. The normalized spacial score (nSPS) is 22.0. The first-order chi connectivity index (χ1) is 11.7. The number of carbonyl (C=O) groups excluding carboxylic acids is 1. The zero-order chi connectivity index (χ0) is 16.8. The van der Waals surface area contributed by atoms with E-state index in [2.05, 4.69) is 35.6 Å². The number of hydrogen-bond acceptors (Lipinski definition) is 3. The lowest BCUT2D eigenvalue weighted by Gasteiger charge is -2.28. The summed E-state index contributed by atoms with van der Waals surface area (Å²) >= 11 is 0. The first kappa shape index (κ1) is 16.8. The molecule has 0 bridgehead atoms. The topological polar surface area (TPSA) is 62.5 Å². The Balaban J connectivity index is 1.39. The van der Waals surface area contributed by atoms with Gasteiger partial charge >= 0.3 is 0 Å². The van der Waals surface area contributed by atoms with Crippen molar-refractivity contribution < 1.29 is 14.3 Å². The van der Waals surface area contributed by atoms with Gasteiger partial charge in [-0.3, -0.25) is 4.79 Å². The highest BCUT2D eigenvalue weighted by Gasteiger charge is 2.24. The van der Waals surface area contributed by atoms with Crippen LogP contribution in [0.25, 0.3) is 0 Å². The Kier molecular flexibility index (Phi) is 5.70. The van der Waals surface area contributed by atoms with E-state index in [-0.39, 0.29) is 12.5 Å². The lowest BCUT2D eigenvalue weighted by Crippen LogP contribution is -2.30. The van der Waals surface area contributed by atoms with Crippen molar-refractivity contribution in [2.45, 2.75) is 44.1 Å². The molecule has 1 amide bonds. The van der Waals surface area contributed by atoms with E-state index < -0.39 is 6.10 Å². The third-order valence-electron chi connectivity index (χ3n) is 4.96. The second-order valence-corrected chi connectivity index (χ2v) is 6.67. The number of aliphatic hydroxyl groups is 1. The van der Waals surface area contributed by atoms with E-state index in [4.69, 9.17) is 4.42 Å². The summed E-state index contributed by atoms with van der Waals surface area (Å²) in [5, 5.41) is 12.7. The van der Waals surface area contributed by atoms with Gasteiger partial charge in [0.2, 0.25) is 5.91 Å². The van der Waals surface area contributed by atoms with Gasteiger partial charge in [0, 0.05) is 6.42 Å². The Morgan fingerprint density at radius 3 is 2.54 bits per heavy atom. The van der Waals surface area contributed by atoms with Gasteiger partial charge in [-0.25, -0.2) is 0 Å². The molecule has 0 saturated heterocycles. The Morgan fingerprint density at radius 1 is 1.12 bits per heavy atom. The van der Waals surface area contributed by atoms with E-state index in [0.717, 1.165) is 25.7 Å². The van der Waals surface area contributed by atoms with E-state index >= 15 is 0 Å². The molecule has 128 valence electrons. The number of amides is 1. The lowest BCUT2D eigenvalue weighted by atomic mass is 9.77. The van der Waals surface area contributed by atoms with Crippen molar-refractivity contribution in [2.24, 2.45) is 5.92 Å².